The second kappa shape index (κ2) is 8.27. The maximum absolute atomic E-state index is 12.6. The number of carbonyl (C=O) groups excluding carboxylic acids is 2. The SMILES string of the molecule is CC(=O)N1C(=O)O[C@H]2[C@H]3OC(c4ccccc4)OC[C@H]3O[C@@H](Sc3ccc(C)cc3)[C@@H]21. The number of amides is 2. The van der Waals surface area contributed by atoms with E-state index in [1.54, 1.807) is 0 Å². The first kappa shape index (κ1) is 20.5. The van der Waals surface area contributed by atoms with E-state index in [1.165, 1.54) is 18.7 Å². The molecule has 0 bridgehead atoms. The average Bonchev–Trinajstić information content (AvgIpc) is 3.13. The van der Waals surface area contributed by atoms with Crippen LogP contribution in [0.4, 0.5) is 4.79 Å². The number of thioether (sulfide) groups is 1. The van der Waals surface area contributed by atoms with Gasteiger partial charge in [-0.1, -0.05) is 59.8 Å². The van der Waals surface area contributed by atoms with Crippen molar-refractivity contribution in [2.45, 2.75) is 54.8 Å². The van der Waals surface area contributed by atoms with Crippen LogP contribution in [0.25, 0.3) is 0 Å². The van der Waals surface area contributed by atoms with Crippen molar-refractivity contribution in [1.82, 2.24) is 4.90 Å². The summed E-state index contributed by atoms with van der Waals surface area (Å²) in [7, 11) is 0. The molecule has 162 valence electrons. The second-order valence-electron chi connectivity index (χ2n) is 7.88. The van der Waals surface area contributed by atoms with Gasteiger partial charge in [0, 0.05) is 17.4 Å². The maximum atomic E-state index is 12.6. The van der Waals surface area contributed by atoms with E-state index < -0.39 is 42.2 Å². The molecule has 3 heterocycles. The molecule has 0 aromatic heterocycles. The minimum atomic E-state index is -0.660. The van der Waals surface area contributed by atoms with Gasteiger partial charge in [0.05, 0.1) is 6.61 Å². The Morgan fingerprint density at radius 3 is 2.48 bits per heavy atom. The fourth-order valence-corrected chi connectivity index (χ4v) is 5.40. The summed E-state index contributed by atoms with van der Waals surface area (Å²) >= 11 is 1.47. The summed E-state index contributed by atoms with van der Waals surface area (Å²) in [4.78, 5) is 27.0. The van der Waals surface area contributed by atoms with Crippen molar-refractivity contribution in [2.24, 2.45) is 0 Å². The van der Waals surface area contributed by atoms with Gasteiger partial charge in [0.1, 0.15) is 23.7 Å². The predicted octanol–water partition coefficient (Wildman–Crippen LogP) is 3.66. The highest BCUT2D eigenvalue weighted by Crippen LogP contribution is 2.44. The van der Waals surface area contributed by atoms with Gasteiger partial charge in [-0.15, -0.1) is 0 Å². The highest BCUT2D eigenvalue weighted by Gasteiger charge is 2.59. The lowest BCUT2D eigenvalue weighted by molar-refractivity contribution is -0.302. The number of carbonyl (C=O) groups is 2. The van der Waals surface area contributed by atoms with E-state index in [1.807, 2.05) is 61.5 Å². The first-order valence-corrected chi connectivity index (χ1v) is 11.1. The van der Waals surface area contributed by atoms with E-state index in [-0.39, 0.29) is 5.91 Å². The van der Waals surface area contributed by atoms with Crippen LogP contribution in [0.15, 0.2) is 59.5 Å². The number of benzene rings is 2. The van der Waals surface area contributed by atoms with E-state index in [4.69, 9.17) is 18.9 Å². The molecule has 31 heavy (non-hydrogen) atoms. The van der Waals surface area contributed by atoms with Gasteiger partial charge in [-0.2, -0.15) is 0 Å². The third kappa shape index (κ3) is 3.85. The molecule has 2 amide bonds. The minimum absolute atomic E-state index is 0.302. The molecule has 3 saturated heterocycles. The highest BCUT2D eigenvalue weighted by molar-refractivity contribution is 7.99. The molecule has 0 aliphatic carbocycles. The van der Waals surface area contributed by atoms with Crippen LogP contribution in [0.5, 0.6) is 0 Å². The first-order chi connectivity index (χ1) is 15.0. The van der Waals surface area contributed by atoms with Gasteiger partial charge in [-0.05, 0) is 19.1 Å². The Labute approximate surface area is 184 Å². The van der Waals surface area contributed by atoms with Gasteiger partial charge in [-0.3, -0.25) is 4.79 Å². The first-order valence-electron chi connectivity index (χ1n) is 10.2. The van der Waals surface area contributed by atoms with Crippen molar-refractivity contribution in [3.05, 3.63) is 65.7 Å². The Balaban J connectivity index is 1.43. The third-order valence-electron chi connectivity index (χ3n) is 5.72. The van der Waals surface area contributed by atoms with Crippen LogP contribution in [0, 0.1) is 6.92 Å². The predicted molar refractivity (Wildman–Crippen MR) is 112 cm³/mol. The normalized spacial score (nSPS) is 32.2. The number of hydrogen-bond acceptors (Lipinski definition) is 7. The molecule has 5 rings (SSSR count). The van der Waals surface area contributed by atoms with Gasteiger partial charge in [0.25, 0.3) is 0 Å². The molecule has 6 atom stereocenters. The molecule has 0 N–H and O–H groups in total. The van der Waals surface area contributed by atoms with Crippen LogP contribution >= 0.6 is 11.8 Å². The molecular formula is C23H23NO6S. The lowest BCUT2D eigenvalue weighted by Crippen LogP contribution is -2.62. The Morgan fingerprint density at radius 2 is 1.77 bits per heavy atom. The summed E-state index contributed by atoms with van der Waals surface area (Å²) in [5.74, 6) is -0.374. The fourth-order valence-electron chi connectivity index (χ4n) is 4.23. The molecule has 2 aromatic carbocycles. The quantitative estimate of drug-likeness (QED) is 0.720. The van der Waals surface area contributed by atoms with Crippen molar-refractivity contribution in [1.29, 1.82) is 0 Å². The second-order valence-corrected chi connectivity index (χ2v) is 9.05. The van der Waals surface area contributed by atoms with Crippen LogP contribution in [0.1, 0.15) is 24.3 Å². The number of aryl methyl sites for hydroxylation is 1. The minimum Gasteiger partial charge on any atom is -0.441 e. The van der Waals surface area contributed by atoms with Crippen LogP contribution in [-0.2, 0) is 23.7 Å². The summed E-state index contributed by atoms with van der Waals surface area (Å²) in [6.45, 7) is 3.68. The summed E-state index contributed by atoms with van der Waals surface area (Å²) in [6.07, 6.45) is -2.82. The molecule has 3 fully saturated rings. The van der Waals surface area contributed by atoms with E-state index in [9.17, 15) is 9.59 Å². The van der Waals surface area contributed by atoms with Crippen LogP contribution in [-0.4, -0.2) is 53.3 Å². The van der Waals surface area contributed by atoms with Crippen LogP contribution < -0.4 is 0 Å². The van der Waals surface area contributed by atoms with Gasteiger partial charge in [-0.25, -0.2) is 9.69 Å². The van der Waals surface area contributed by atoms with E-state index in [2.05, 4.69) is 0 Å². The molecule has 1 unspecified atom stereocenters. The lowest BCUT2D eigenvalue weighted by Gasteiger charge is -2.46. The molecule has 2 aromatic rings. The fraction of sp³-hybridized carbons (Fsp3) is 0.391. The van der Waals surface area contributed by atoms with Crippen molar-refractivity contribution < 1.29 is 28.5 Å². The Kier molecular flexibility index (Phi) is 5.47. The highest BCUT2D eigenvalue weighted by atomic mass is 32.2. The van der Waals surface area contributed by atoms with Crippen molar-refractivity contribution in [3.63, 3.8) is 0 Å². The number of hydrogen-bond donors (Lipinski definition) is 0. The van der Waals surface area contributed by atoms with E-state index in [0.717, 1.165) is 20.9 Å². The van der Waals surface area contributed by atoms with Crippen molar-refractivity contribution in [3.8, 4) is 0 Å². The largest absolute Gasteiger partial charge is 0.441 e. The summed E-state index contributed by atoms with van der Waals surface area (Å²) in [6, 6.07) is 17.0. The molecule has 8 heteroatoms. The topological polar surface area (TPSA) is 74.3 Å². The Hall–Kier alpha value is -2.39. The molecule has 0 spiro atoms. The van der Waals surface area contributed by atoms with Crippen molar-refractivity contribution in [2.75, 3.05) is 6.61 Å². The molecule has 7 nitrogen and oxygen atoms in total. The smallest absolute Gasteiger partial charge is 0.417 e. The number of rotatable bonds is 3. The zero-order valence-electron chi connectivity index (χ0n) is 17.2. The molecular weight excluding hydrogens is 418 g/mol. The van der Waals surface area contributed by atoms with Crippen LogP contribution in [0.3, 0.4) is 0 Å². The molecule has 0 radical (unpaired) electrons. The van der Waals surface area contributed by atoms with E-state index in [0.29, 0.717) is 6.61 Å². The number of imide groups is 1. The molecule has 0 saturated carbocycles. The maximum Gasteiger partial charge on any atom is 0.417 e. The summed E-state index contributed by atoms with van der Waals surface area (Å²) in [5.41, 5.74) is 1.53. The molecule has 3 aliphatic heterocycles. The summed E-state index contributed by atoms with van der Waals surface area (Å²) in [5, 5.41) is 0. The number of ether oxygens (including phenoxy) is 4. The molecule has 3 aliphatic rings. The average molecular weight is 442 g/mol. The van der Waals surface area contributed by atoms with E-state index >= 15 is 0 Å². The monoisotopic (exact) mass is 441 g/mol. The lowest BCUT2D eigenvalue weighted by atomic mass is 9.96. The summed E-state index contributed by atoms with van der Waals surface area (Å²) < 4.78 is 24.1. The standard InChI is InChI=1S/C23H23NO6S/c1-13-8-10-16(11-9-13)31-22-18-20(30-23(26)24(18)14(2)25)19-17(28-22)12-27-21(29-19)15-6-4-3-5-7-15/h3-11,17-22H,12H2,1-2H3/t17-,18-,19+,20-,21?,22+/m1/s1. The third-order valence-corrected chi connectivity index (χ3v) is 6.89. The van der Waals surface area contributed by atoms with Crippen molar-refractivity contribution >= 4 is 23.8 Å². The van der Waals surface area contributed by atoms with Gasteiger partial charge < -0.3 is 18.9 Å². The van der Waals surface area contributed by atoms with Gasteiger partial charge >= 0.3 is 6.09 Å². The Morgan fingerprint density at radius 1 is 1.03 bits per heavy atom. The van der Waals surface area contributed by atoms with Gasteiger partial charge in [0.2, 0.25) is 5.91 Å². The number of nitrogens with zero attached hydrogens (tertiary/aromatic N) is 1. The number of fused-ring (bicyclic) bond motifs is 3. The zero-order valence-corrected chi connectivity index (χ0v) is 18.0. The Bertz CT molecular complexity index is 968. The van der Waals surface area contributed by atoms with Crippen LogP contribution in [0.2, 0.25) is 0 Å². The van der Waals surface area contributed by atoms with Gasteiger partial charge in [0.15, 0.2) is 12.4 Å². The zero-order chi connectivity index (χ0) is 21.5.